The molecule has 0 aliphatic carbocycles. The van der Waals surface area contributed by atoms with Gasteiger partial charge in [-0.1, -0.05) is 64.2 Å². The van der Waals surface area contributed by atoms with Crippen molar-refractivity contribution in [1.82, 2.24) is 0 Å². The van der Waals surface area contributed by atoms with Crippen LogP contribution in [0.2, 0.25) is 0 Å². The molecule has 0 aromatic heterocycles. The van der Waals surface area contributed by atoms with E-state index in [4.69, 9.17) is 28.4 Å². The fourth-order valence-electron chi connectivity index (χ4n) is 5.70. The highest BCUT2D eigenvalue weighted by Crippen LogP contribution is 2.37. The fourth-order valence-corrected chi connectivity index (χ4v) is 5.70. The largest absolute Gasteiger partial charge is 0.454 e. The quantitative estimate of drug-likeness (QED) is 0.0621. The summed E-state index contributed by atoms with van der Waals surface area (Å²) in [5.74, 6) is 0.136. The average Bonchev–Trinajstić information content (AvgIpc) is 3.76. The highest BCUT2D eigenvalue weighted by Gasteiger charge is 2.45. The van der Waals surface area contributed by atoms with Crippen molar-refractivity contribution < 1.29 is 38.3 Å². The molecule has 9 unspecified atom stereocenters. The lowest BCUT2D eigenvalue weighted by Gasteiger charge is -2.33. The third-order valence-electron chi connectivity index (χ3n) is 8.61. The Balaban J connectivity index is 1.98. The van der Waals surface area contributed by atoms with Crippen molar-refractivity contribution in [2.24, 2.45) is 17.8 Å². The molecule has 0 spiro atoms. The number of carbonyl (C=O) groups excluding carboxylic acids is 1. The standard InChI is InChI=1S/C36H60O8/c1-9-30(41-23-21-39-10-2)29(7)35-31(43-35)25-26(4)15-14-16-27(5)34-28(6)18-19-32(37)36(8,42-24-22-40-11-3)20-13-12-17-33(38)44-34/h12,14-19,26,28-32,34-35,37H,9-11,13,20-25H2,1-8H3/b15-14+,17-12-,19-18+,27-16+. The zero-order valence-corrected chi connectivity index (χ0v) is 28.5. The van der Waals surface area contributed by atoms with Gasteiger partial charge in [-0.3, -0.25) is 0 Å². The third-order valence-corrected chi connectivity index (χ3v) is 8.61. The number of hydrogen-bond donors (Lipinski definition) is 1. The molecule has 0 aromatic carbocycles. The maximum absolute atomic E-state index is 12.7. The molecule has 2 heterocycles. The summed E-state index contributed by atoms with van der Waals surface area (Å²) in [5.41, 5.74) is 0.134. The van der Waals surface area contributed by atoms with Gasteiger partial charge in [0, 0.05) is 31.1 Å². The van der Waals surface area contributed by atoms with Gasteiger partial charge in [0.2, 0.25) is 0 Å². The molecule has 2 aliphatic rings. The van der Waals surface area contributed by atoms with Gasteiger partial charge in [-0.15, -0.1) is 0 Å². The lowest BCUT2D eigenvalue weighted by atomic mass is 9.90. The summed E-state index contributed by atoms with van der Waals surface area (Å²) in [6, 6.07) is 0. The van der Waals surface area contributed by atoms with Crippen LogP contribution in [-0.2, 0) is 33.2 Å². The Kier molecular flexibility index (Phi) is 17.7. The number of epoxide rings is 1. The Morgan fingerprint density at radius 3 is 2.50 bits per heavy atom. The molecule has 1 fully saturated rings. The molecule has 0 aromatic rings. The van der Waals surface area contributed by atoms with Gasteiger partial charge in [0.25, 0.3) is 0 Å². The van der Waals surface area contributed by atoms with E-state index < -0.39 is 17.8 Å². The Morgan fingerprint density at radius 2 is 1.82 bits per heavy atom. The number of cyclic esters (lactones) is 1. The first-order valence-corrected chi connectivity index (χ1v) is 16.7. The topological polar surface area (TPSA) is 96.0 Å². The summed E-state index contributed by atoms with van der Waals surface area (Å²) >= 11 is 0. The van der Waals surface area contributed by atoms with Crippen LogP contribution in [0.5, 0.6) is 0 Å². The molecule has 0 radical (unpaired) electrons. The van der Waals surface area contributed by atoms with Gasteiger partial charge in [0.15, 0.2) is 0 Å². The molecular formula is C36H60O8. The summed E-state index contributed by atoms with van der Waals surface area (Å²) < 4.78 is 34.9. The number of allylic oxidation sites excluding steroid dienone is 4. The predicted octanol–water partition coefficient (Wildman–Crippen LogP) is 6.38. The van der Waals surface area contributed by atoms with E-state index in [1.165, 1.54) is 6.08 Å². The number of esters is 1. The molecule has 1 N–H and O–H groups in total. The molecule has 2 aliphatic heterocycles. The summed E-state index contributed by atoms with van der Waals surface area (Å²) in [4.78, 5) is 12.7. The number of carbonyl (C=O) groups is 1. The van der Waals surface area contributed by atoms with Crippen LogP contribution in [0.3, 0.4) is 0 Å². The van der Waals surface area contributed by atoms with E-state index in [2.05, 4.69) is 26.8 Å². The van der Waals surface area contributed by atoms with Crippen molar-refractivity contribution in [3.05, 3.63) is 48.1 Å². The van der Waals surface area contributed by atoms with Crippen molar-refractivity contribution >= 4 is 5.97 Å². The zero-order valence-electron chi connectivity index (χ0n) is 28.5. The second-order valence-electron chi connectivity index (χ2n) is 12.4. The third kappa shape index (κ3) is 13.3. The molecule has 0 saturated carbocycles. The highest BCUT2D eigenvalue weighted by atomic mass is 16.6. The molecule has 8 nitrogen and oxygen atoms in total. The van der Waals surface area contributed by atoms with Gasteiger partial charge < -0.3 is 33.5 Å². The van der Waals surface area contributed by atoms with Gasteiger partial charge in [-0.05, 0) is 64.9 Å². The number of rotatable bonds is 18. The summed E-state index contributed by atoms with van der Waals surface area (Å²) in [5, 5.41) is 11.1. The van der Waals surface area contributed by atoms with Crippen LogP contribution in [-0.4, -0.2) is 86.8 Å². The summed E-state index contributed by atoms with van der Waals surface area (Å²) in [6.07, 6.45) is 15.6. The van der Waals surface area contributed by atoms with E-state index in [0.717, 1.165) is 18.4 Å². The van der Waals surface area contributed by atoms with E-state index >= 15 is 0 Å². The van der Waals surface area contributed by atoms with E-state index in [1.54, 1.807) is 12.2 Å². The van der Waals surface area contributed by atoms with Crippen molar-refractivity contribution in [1.29, 1.82) is 0 Å². The normalized spacial score (nSPS) is 31.9. The molecule has 0 bridgehead atoms. The number of aliphatic hydroxyl groups excluding tert-OH is 1. The maximum Gasteiger partial charge on any atom is 0.331 e. The predicted molar refractivity (Wildman–Crippen MR) is 174 cm³/mol. The molecule has 44 heavy (non-hydrogen) atoms. The lowest BCUT2D eigenvalue weighted by molar-refractivity contribution is -0.142. The SMILES string of the molecule is CCOCCOC(CC)C(C)C1OC1CC(C)/C=C/C=C(\C)C1OC(=O)/C=C\CCC(C)(OCCOCC)C(O)/C=C/C1C. The van der Waals surface area contributed by atoms with E-state index in [-0.39, 0.29) is 30.2 Å². The fraction of sp³-hybridized carbons (Fsp3) is 0.750. The Labute approximate surface area is 266 Å². The van der Waals surface area contributed by atoms with Gasteiger partial charge in [-0.25, -0.2) is 4.79 Å². The molecule has 8 heteroatoms. The van der Waals surface area contributed by atoms with Crippen molar-refractivity contribution in [2.45, 2.75) is 117 Å². The van der Waals surface area contributed by atoms with Crippen molar-refractivity contribution in [2.75, 3.05) is 39.6 Å². The van der Waals surface area contributed by atoms with E-state index in [0.29, 0.717) is 64.3 Å². The highest BCUT2D eigenvalue weighted by molar-refractivity contribution is 5.82. The van der Waals surface area contributed by atoms with Crippen LogP contribution in [0.1, 0.15) is 81.1 Å². The van der Waals surface area contributed by atoms with Crippen LogP contribution in [0, 0.1) is 17.8 Å². The van der Waals surface area contributed by atoms with Crippen LogP contribution >= 0.6 is 0 Å². The van der Waals surface area contributed by atoms with Gasteiger partial charge in [0.1, 0.15) is 12.2 Å². The van der Waals surface area contributed by atoms with E-state index in [1.807, 2.05) is 52.8 Å². The number of hydrogen-bond acceptors (Lipinski definition) is 8. The minimum Gasteiger partial charge on any atom is -0.454 e. The second kappa shape index (κ2) is 20.3. The van der Waals surface area contributed by atoms with Crippen LogP contribution in [0.15, 0.2) is 48.1 Å². The first-order valence-electron chi connectivity index (χ1n) is 16.7. The lowest BCUT2D eigenvalue weighted by Crippen LogP contribution is -2.42. The Hall–Kier alpha value is -1.81. The van der Waals surface area contributed by atoms with Crippen LogP contribution in [0.4, 0.5) is 0 Å². The summed E-state index contributed by atoms with van der Waals surface area (Å²) in [7, 11) is 0. The van der Waals surface area contributed by atoms with E-state index in [9.17, 15) is 9.90 Å². The molecule has 0 amide bonds. The Morgan fingerprint density at radius 1 is 1.11 bits per heavy atom. The minimum absolute atomic E-state index is 0.152. The smallest absolute Gasteiger partial charge is 0.331 e. The van der Waals surface area contributed by atoms with Gasteiger partial charge in [-0.2, -0.15) is 0 Å². The maximum atomic E-state index is 12.7. The average molecular weight is 621 g/mol. The van der Waals surface area contributed by atoms with Gasteiger partial charge >= 0.3 is 5.97 Å². The Bertz CT molecular complexity index is 942. The van der Waals surface area contributed by atoms with Gasteiger partial charge in [0.05, 0.1) is 50.3 Å². The summed E-state index contributed by atoms with van der Waals surface area (Å²) in [6.45, 7) is 19.8. The molecule has 252 valence electrons. The van der Waals surface area contributed by atoms with Crippen molar-refractivity contribution in [3.63, 3.8) is 0 Å². The number of aliphatic hydroxyl groups is 1. The molecule has 9 atom stereocenters. The van der Waals surface area contributed by atoms with Crippen LogP contribution < -0.4 is 0 Å². The van der Waals surface area contributed by atoms with Crippen LogP contribution in [0.25, 0.3) is 0 Å². The number of ether oxygens (including phenoxy) is 6. The molecular weight excluding hydrogens is 560 g/mol. The molecule has 2 rings (SSSR count). The zero-order chi connectivity index (χ0) is 32.5. The first kappa shape index (κ1) is 38.4. The monoisotopic (exact) mass is 620 g/mol. The molecule has 1 saturated heterocycles. The van der Waals surface area contributed by atoms with Crippen molar-refractivity contribution in [3.8, 4) is 0 Å². The second-order valence-corrected chi connectivity index (χ2v) is 12.4. The first-order chi connectivity index (χ1) is 21.1. The minimum atomic E-state index is -0.814.